The summed E-state index contributed by atoms with van der Waals surface area (Å²) in [6.45, 7) is 2.11. The van der Waals surface area contributed by atoms with Gasteiger partial charge in [0.05, 0.1) is 12.3 Å². The summed E-state index contributed by atoms with van der Waals surface area (Å²) >= 11 is 0. The molecule has 118 valence electrons. The van der Waals surface area contributed by atoms with E-state index in [9.17, 15) is 19.4 Å². The SMILES string of the molecule is CCC(O)CCNC(=O)c1nn(-c2ccccc2F)cc1O. The van der Waals surface area contributed by atoms with Gasteiger partial charge in [0.15, 0.2) is 11.4 Å². The third-order valence-corrected chi connectivity index (χ3v) is 3.24. The van der Waals surface area contributed by atoms with Gasteiger partial charge >= 0.3 is 0 Å². The second-order valence-corrected chi connectivity index (χ2v) is 4.87. The summed E-state index contributed by atoms with van der Waals surface area (Å²) in [5, 5.41) is 25.7. The maximum Gasteiger partial charge on any atom is 0.275 e. The summed E-state index contributed by atoms with van der Waals surface area (Å²) in [4.78, 5) is 11.9. The van der Waals surface area contributed by atoms with Crippen LogP contribution in [0.15, 0.2) is 30.5 Å². The number of amides is 1. The van der Waals surface area contributed by atoms with E-state index in [1.807, 2.05) is 6.92 Å². The van der Waals surface area contributed by atoms with Crippen LogP contribution < -0.4 is 5.32 Å². The molecule has 0 saturated carbocycles. The smallest absolute Gasteiger partial charge is 0.275 e. The minimum absolute atomic E-state index is 0.137. The number of hydrogen-bond acceptors (Lipinski definition) is 4. The van der Waals surface area contributed by atoms with Gasteiger partial charge in [0.2, 0.25) is 0 Å². The maximum absolute atomic E-state index is 13.7. The largest absolute Gasteiger partial charge is 0.504 e. The Bertz CT molecular complexity index is 657. The highest BCUT2D eigenvalue weighted by Gasteiger charge is 2.18. The van der Waals surface area contributed by atoms with E-state index in [0.717, 1.165) is 4.68 Å². The fourth-order valence-corrected chi connectivity index (χ4v) is 1.93. The minimum atomic E-state index is -0.573. The Kier molecular flexibility index (Phi) is 5.11. The summed E-state index contributed by atoms with van der Waals surface area (Å²) < 4.78 is 14.8. The first kappa shape index (κ1) is 16.0. The third-order valence-electron chi connectivity index (χ3n) is 3.24. The van der Waals surface area contributed by atoms with Gasteiger partial charge in [-0.1, -0.05) is 19.1 Å². The van der Waals surface area contributed by atoms with Crippen LogP contribution in [0.2, 0.25) is 0 Å². The zero-order chi connectivity index (χ0) is 16.1. The van der Waals surface area contributed by atoms with Crippen molar-refractivity contribution in [3.63, 3.8) is 0 Å². The predicted molar refractivity (Wildman–Crippen MR) is 78.4 cm³/mol. The number of nitrogens with one attached hydrogen (secondary N) is 1. The lowest BCUT2D eigenvalue weighted by molar-refractivity contribution is 0.0934. The topological polar surface area (TPSA) is 87.4 Å². The van der Waals surface area contributed by atoms with Gasteiger partial charge in [-0.05, 0) is 25.0 Å². The number of aromatic hydroxyl groups is 1. The zero-order valence-electron chi connectivity index (χ0n) is 12.2. The average molecular weight is 307 g/mol. The molecular weight excluding hydrogens is 289 g/mol. The van der Waals surface area contributed by atoms with E-state index < -0.39 is 17.8 Å². The first-order valence-corrected chi connectivity index (χ1v) is 7.02. The van der Waals surface area contributed by atoms with Gasteiger partial charge in [-0.2, -0.15) is 5.10 Å². The standard InChI is InChI=1S/C15H18FN3O3/c1-2-10(20)7-8-17-15(22)14-13(21)9-19(18-14)12-6-4-3-5-11(12)16/h3-6,9-10,20-21H,2,7-8H2,1H3,(H,17,22). The number of nitrogens with zero attached hydrogens (tertiary/aromatic N) is 2. The maximum atomic E-state index is 13.7. The van der Waals surface area contributed by atoms with Gasteiger partial charge in [-0.3, -0.25) is 4.79 Å². The van der Waals surface area contributed by atoms with Crippen LogP contribution in [0, 0.1) is 5.82 Å². The Morgan fingerprint density at radius 1 is 1.45 bits per heavy atom. The Morgan fingerprint density at radius 2 is 2.18 bits per heavy atom. The molecule has 0 aliphatic carbocycles. The summed E-state index contributed by atoms with van der Waals surface area (Å²) in [6, 6.07) is 5.92. The molecular formula is C15H18FN3O3. The molecule has 7 heteroatoms. The van der Waals surface area contributed by atoms with Crippen molar-refractivity contribution in [3.8, 4) is 11.4 Å². The van der Waals surface area contributed by atoms with E-state index in [1.165, 1.54) is 24.4 Å². The molecule has 0 fully saturated rings. The van der Waals surface area contributed by atoms with Crippen LogP contribution >= 0.6 is 0 Å². The van der Waals surface area contributed by atoms with Gasteiger partial charge in [0.25, 0.3) is 5.91 Å². The van der Waals surface area contributed by atoms with Crippen molar-refractivity contribution >= 4 is 5.91 Å². The number of aliphatic hydroxyl groups is 1. The van der Waals surface area contributed by atoms with Crippen molar-refractivity contribution in [1.29, 1.82) is 0 Å². The van der Waals surface area contributed by atoms with Crippen LogP contribution in [-0.4, -0.2) is 38.5 Å². The predicted octanol–water partition coefficient (Wildman–Crippen LogP) is 1.61. The number of carbonyl (C=O) groups is 1. The monoisotopic (exact) mass is 307 g/mol. The molecule has 22 heavy (non-hydrogen) atoms. The molecule has 2 aromatic rings. The van der Waals surface area contributed by atoms with Crippen molar-refractivity contribution in [2.75, 3.05) is 6.54 Å². The molecule has 0 spiro atoms. The van der Waals surface area contributed by atoms with Gasteiger partial charge in [0, 0.05) is 6.54 Å². The van der Waals surface area contributed by atoms with Crippen LogP contribution in [-0.2, 0) is 0 Å². The second-order valence-electron chi connectivity index (χ2n) is 4.87. The van der Waals surface area contributed by atoms with E-state index in [0.29, 0.717) is 12.8 Å². The summed E-state index contributed by atoms with van der Waals surface area (Å²) in [6.07, 6.45) is 1.71. The molecule has 6 nitrogen and oxygen atoms in total. The summed E-state index contributed by atoms with van der Waals surface area (Å²) in [5.74, 6) is -1.42. The van der Waals surface area contributed by atoms with E-state index in [1.54, 1.807) is 6.07 Å². The van der Waals surface area contributed by atoms with Crippen LogP contribution in [0.4, 0.5) is 4.39 Å². The fraction of sp³-hybridized carbons (Fsp3) is 0.333. The minimum Gasteiger partial charge on any atom is -0.504 e. The van der Waals surface area contributed by atoms with Gasteiger partial charge < -0.3 is 15.5 Å². The molecule has 0 aliphatic rings. The lowest BCUT2D eigenvalue weighted by Crippen LogP contribution is -2.27. The van der Waals surface area contributed by atoms with Crippen molar-refractivity contribution in [3.05, 3.63) is 42.0 Å². The van der Waals surface area contributed by atoms with E-state index in [4.69, 9.17) is 0 Å². The van der Waals surface area contributed by atoms with Crippen molar-refractivity contribution < 1.29 is 19.4 Å². The number of carbonyl (C=O) groups excluding carboxylic acids is 1. The quantitative estimate of drug-likeness (QED) is 0.756. The molecule has 1 heterocycles. The highest BCUT2D eigenvalue weighted by Crippen LogP contribution is 2.19. The highest BCUT2D eigenvalue weighted by molar-refractivity contribution is 5.94. The molecule has 0 saturated heterocycles. The van der Waals surface area contributed by atoms with Crippen molar-refractivity contribution in [2.45, 2.75) is 25.9 Å². The number of aliphatic hydroxyl groups excluding tert-OH is 1. The molecule has 1 unspecified atom stereocenters. The Morgan fingerprint density at radius 3 is 2.86 bits per heavy atom. The van der Waals surface area contributed by atoms with Crippen molar-refractivity contribution in [1.82, 2.24) is 15.1 Å². The van der Waals surface area contributed by atoms with E-state index in [-0.39, 0.29) is 23.7 Å². The van der Waals surface area contributed by atoms with Crippen LogP contribution in [0.5, 0.6) is 5.75 Å². The van der Waals surface area contributed by atoms with Gasteiger partial charge in [-0.25, -0.2) is 9.07 Å². The molecule has 0 bridgehead atoms. The number of hydrogen-bond donors (Lipinski definition) is 3. The first-order valence-electron chi connectivity index (χ1n) is 7.02. The molecule has 3 N–H and O–H groups in total. The molecule has 1 amide bonds. The number of aromatic nitrogens is 2. The second kappa shape index (κ2) is 7.04. The molecule has 0 aliphatic heterocycles. The molecule has 2 rings (SSSR count). The molecule has 1 aromatic carbocycles. The van der Waals surface area contributed by atoms with Crippen molar-refractivity contribution in [2.24, 2.45) is 0 Å². The Hall–Kier alpha value is -2.41. The molecule has 1 atom stereocenters. The average Bonchev–Trinajstić information content (AvgIpc) is 2.89. The molecule has 0 radical (unpaired) electrons. The first-order chi connectivity index (χ1) is 10.5. The normalized spacial score (nSPS) is 12.1. The lowest BCUT2D eigenvalue weighted by atomic mass is 10.2. The van der Waals surface area contributed by atoms with Crippen LogP contribution in [0.25, 0.3) is 5.69 Å². The number of halogens is 1. The lowest BCUT2D eigenvalue weighted by Gasteiger charge is -2.07. The fourth-order valence-electron chi connectivity index (χ4n) is 1.93. The number of rotatable bonds is 6. The van der Waals surface area contributed by atoms with Crippen LogP contribution in [0.1, 0.15) is 30.3 Å². The highest BCUT2D eigenvalue weighted by atomic mass is 19.1. The summed E-state index contributed by atoms with van der Waals surface area (Å²) in [5.41, 5.74) is -0.0486. The number of benzene rings is 1. The van der Waals surface area contributed by atoms with Gasteiger partial charge in [-0.15, -0.1) is 0 Å². The van der Waals surface area contributed by atoms with Gasteiger partial charge in [0.1, 0.15) is 11.5 Å². The van der Waals surface area contributed by atoms with Crippen LogP contribution in [0.3, 0.4) is 0 Å². The Labute approximate surface area is 127 Å². The Balaban J connectivity index is 2.10. The van der Waals surface area contributed by atoms with E-state index in [2.05, 4.69) is 10.4 Å². The third kappa shape index (κ3) is 3.62. The number of para-hydroxylation sites is 1. The molecule has 1 aromatic heterocycles. The zero-order valence-corrected chi connectivity index (χ0v) is 12.2. The van der Waals surface area contributed by atoms with E-state index >= 15 is 0 Å². The summed E-state index contributed by atoms with van der Waals surface area (Å²) in [7, 11) is 0.